The standard InChI is InChI=1S/C41H28O5.C2H6/c42-35-9-3-25-1-2-28(15-30(25)17-35)31-16-29-8-14-41(22-33(29)20-37(44)19-31)46-40-13-7-27-6-12-39(23-34(27)24-40)45-38-11-5-26-4-10-36(43)18-32(26)21-38;1-2/h1-18,20-24,42-44H,19H2;1-2H3. The highest BCUT2D eigenvalue weighted by Gasteiger charge is 2.14. The van der Waals surface area contributed by atoms with Gasteiger partial charge in [-0.25, -0.2) is 0 Å². The molecule has 1 aliphatic rings. The molecule has 0 saturated carbocycles. The number of aliphatic hydroxyl groups excluding tert-OH is 1. The van der Waals surface area contributed by atoms with Crippen molar-refractivity contribution in [3.8, 4) is 34.5 Å². The lowest BCUT2D eigenvalue weighted by atomic mass is 9.97. The van der Waals surface area contributed by atoms with Crippen molar-refractivity contribution < 1.29 is 24.8 Å². The molecule has 0 aliphatic heterocycles. The smallest absolute Gasteiger partial charge is 0.128 e. The average Bonchev–Trinajstić information content (AvgIpc) is 3.26. The highest BCUT2D eigenvalue weighted by Crippen LogP contribution is 2.36. The fourth-order valence-electron chi connectivity index (χ4n) is 6.03. The van der Waals surface area contributed by atoms with Gasteiger partial charge in [-0.1, -0.05) is 68.5 Å². The summed E-state index contributed by atoms with van der Waals surface area (Å²) in [7, 11) is 0. The summed E-state index contributed by atoms with van der Waals surface area (Å²) in [4.78, 5) is 0. The van der Waals surface area contributed by atoms with Gasteiger partial charge in [-0.2, -0.15) is 0 Å². The molecule has 5 heteroatoms. The number of ether oxygens (including phenoxy) is 2. The van der Waals surface area contributed by atoms with Crippen molar-refractivity contribution in [1.82, 2.24) is 0 Å². The molecule has 0 spiro atoms. The zero-order chi connectivity index (χ0) is 33.2. The first-order chi connectivity index (χ1) is 23.4. The van der Waals surface area contributed by atoms with Gasteiger partial charge in [-0.15, -0.1) is 0 Å². The summed E-state index contributed by atoms with van der Waals surface area (Å²) in [5, 5.41) is 36.6. The minimum Gasteiger partial charge on any atom is -0.512 e. The minimum absolute atomic E-state index is 0.218. The zero-order valence-electron chi connectivity index (χ0n) is 26.6. The van der Waals surface area contributed by atoms with Crippen LogP contribution in [-0.2, 0) is 0 Å². The molecule has 0 fully saturated rings. The van der Waals surface area contributed by atoms with E-state index in [1.165, 1.54) is 0 Å². The molecule has 0 aromatic heterocycles. The maximum atomic E-state index is 10.8. The van der Waals surface area contributed by atoms with Gasteiger partial charge in [-0.05, 0) is 140 Å². The van der Waals surface area contributed by atoms with Gasteiger partial charge in [0, 0.05) is 6.42 Å². The second kappa shape index (κ2) is 12.9. The largest absolute Gasteiger partial charge is 0.512 e. The zero-order valence-corrected chi connectivity index (χ0v) is 26.6. The van der Waals surface area contributed by atoms with Gasteiger partial charge in [0.25, 0.3) is 0 Å². The predicted octanol–water partition coefficient (Wildman–Crippen LogP) is 12.0. The molecule has 48 heavy (non-hydrogen) atoms. The van der Waals surface area contributed by atoms with E-state index in [9.17, 15) is 15.3 Å². The third-order valence-electron chi connectivity index (χ3n) is 8.33. The summed E-state index contributed by atoms with van der Waals surface area (Å²) in [6, 6.07) is 40.3. The second-order valence-electron chi connectivity index (χ2n) is 11.6. The number of aromatic hydroxyl groups is 2. The van der Waals surface area contributed by atoms with Gasteiger partial charge in [-0.3, -0.25) is 0 Å². The summed E-state index contributed by atoms with van der Waals surface area (Å²) in [5.74, 6) is 3.43. The van der Waals surface area contributed by atoms with E-state index >= 15 is 0 Å². The molecule has 0 amide bonds. The molecular weight excluding hydrogens is 596 g/mol. The monoisotopic (exact) mass is 630 g/mol. The molecule has 0 bridgehead atoms. The van der Waals surface area contributed by atoms with Crippen molar-refractivity contribution in [1.29, 1.82) is 0 Å². The van der Waals surface area contributed by atoms with Crippen LogP contribution in [0.3, 0.4) is 0 Å². The Morgan fingerprint density at radius 3 is 1.46 bits per heavy atom. The molecule has 5 nitrogen and oxygen atoms in total. The number of benzene rings is 7. The van der Waals surface area contributed by atoms with Crippen molar-refractivity contribution in [2.24, 2.45) is 0 Å². The lowest BCUT2D eigenvalue weighted by Crippen LogP contribution is -1.89. The van der Waals surface area contributed by atoms with E-state index in [1.54, 1.807) is 30.3 Å². The van der Waals surface area contributed by atoms with E-state index < -0.39 is 0 Å². The summed E-state index contributed by atoms with van der Waals surface area (Å²) in [5.41, 5.74) is 3.82. The topological polar surface area (TPSA) is 79.2 Å². The van der Waals surface area contributed by atoms with E-state index in [1.807, 2.05) is 117 Å². The van der Waals surface area contributed by atoms with E-state index in [2.05, 4.69) is 6.08 Å². The van der Waals surface area contributed by atoms with Crippen LogP contribution in [0.15, 0.2) is 133 Å². The molecule has 0 radical (unpaired) electrons. The first-order valence-electron chi connectivity index (χ1n) is 16.0. The minimum atomic E-state index is 0.218. The first kappa shape index (κ1) is 30.5. The van der Waals surface area contributed by atoms with Crippen LogP contribution in [0.2, 0.25) is 0 Å². The van der Waals surface area contributed by atoms with Crippen LogP contribution in [0.5, 0.6) is 34.5 Å². The number of fused-ring (bicyclic) bond motifs is 4. The molecule has 0 saturated heterocycles. The van der Waals surface area contributed by atoms with Crippen molar-refractivity contribution in [3.05, 3.63) is 150 Å². The van der Waals surface area contributed by atoms with E-state index in [-0.39, 0.29) is 17.3 Å². The maximum Gasteiger partial charge on any atom is 0.128 e. The Hall–Kier alpha value is -6.20. The van der Waals surface area contributed by atoms with Crippen LogP contribution in [0.4, 0.5) is 0 Å². The molecule has 7 aromatic carbocycles. The number of allylic oxidation sites excluding steroid dienone is 1. The van der Waals surface area contributed by atoms with E-state index in [0.29, 0.717) is 29.4 Å². The van der Waals surface area contributed by atoms with Crippen LogP contribution in [-0.4, -0.2) is 15.3 Å². The van der Waals surface area contributed by atoms with Crippen molar-refractivity contribution >= 4 is 50.0 Å². The highest BCUT2D eigenvalue weighted by molar-refractivity contribution is 5.93. The van der Waals surface area contributed by atoms with Gasteiger partial charge >= 0.3 is 0 Å². The third kappa shape index (κ3) is 6.39. The van der Waals surface area contributed by atoms with Crippen LogP contribution < -0.4 is 9.47 Å². The Morgan fingerprint density at radius 1 is 0.417 bits per heavy atom. The lowest BCUT2D eigenvalue weighted by Gasteiger charge is -2.11. The number of rotatable bonds is 5. The Balaban J connectivity index is 0.00000179. The van der Waals surface area contributed by atoms with Crippen molar-refractivity contribution in [2.45, 2.75) is 20.3 Å². The first-order valence-corrected chi connectivity index (χ1v) is 16.0. The van der Waals surface area contributed by atoms with Gasteiger partial charge in [0.05, 0.1) is 5.76 Å². The van der Waals surface area contributed by atoms with Gasteiger partial charge in [0.15, 0.2) is 0 Å². The van der Waals surface area contributed by atoms with Crippen molar-refractivity contribution in [2.75, 3.05) is 0 Å². The summed E-state index contributed by atoms with van der Waals surface area (Å²) < 4.78 is 12.5. The van der Waals surface area contributed by atoms with Gasteiger partial charge in [0.2, 0.25) is 0 Å². The molecule has 7 aromatic rings. The Morgan fingerprint density at radius 2 is 0.875 bits per heavy atom. The molecule has 1 aliphatic carbocycles. The predicted molar refractivity (Wildman–Crippen MR) is 196 cm³/mol. The Labute approximate surface area is 278 Å². The molecule has 0 atom stereocenters. The Bertz CT molecular complexity index is 2380. The number of hydrogen-bond donors (Lipinski definition) is 3. The van der Waals surface area contributed by atoms with Crippen LogP contribution in [0.1, 0.15) is 37.0 Å². The molecule has 0 unspecified atom stereocenters. The average molecular weight is 631 g/mol. The molecule has 3 N–H and O–H groups in total. The van der Waals surface area contributed by atoms with E-state index in [0.717, 1.165) is 54.6 Å². The summed E-state index contributed by atoms with van der Waals surface area (Å²) in [6.07, 6.45) is 4.28. The number of aliphatic hydroxyl groups is 1. The maximum absolute atomic E-state index is 10.8. The van der Waals surface area contributed by atoms with Crippen LogP contribution in [0, 0.1) is 0 Å². The third-order valence-corrected chi connectivity index (χ3v) is 8.33. The fourth-order valence-corrected chi connectivity index (χ4v) is 6.03. The molecule has 8 rings (SSSR count). The number of phenolic OH excluding ortho intramolecular Hbond substituents is 2. The van der Waals surface area contributed by atoms with Crippen molar-refractivity contribution in [3.63, 3.8) is 0 Å². The quantitative estimate of drug-likeness (QED) is 0.176. The summed E-state index contributed by atoms with van der Waals surface area (Å²) >= 11 is 0. The number of hydrogen-bond acceptors (Lipinski definition) is 5. The highest BCUT2D eigenvalue weighted by atomic mass is 16.5. The van der Waals surface area contributed by atoms with E-state index in [4.69, 9.17) is 9.47 Å². The second-order valence-corrected chi connectivity index (χ2v) is 11.6. The molecular formula is C43H34O5. The fraction of sp³-hybridized carbons (Fsp3) is 0.0698. The van der Waals surface area contributed by atoms with Gasteiger partial charge < -0.3 is 24.8 Å². The SMILES string of the molecule is CC.OC1=Cc2cc(Oc3ccc4ccc(Oc5ccc6ccc(O)cc6c5)cc4c3)ccc2C=C(c2ccc3ccc(O)cc3c2)C1. The number of phenols is 2. The molecule has 236 valence electrons. The van der Waals surface area contributed by atoms with Crippen LogP contribution >= 0.6 is 0 Å². The normalized spacial score (nSPS) is 12.4. The Kier molecular flexibility index (Phi) is 8.18. The summed E-state index contributed by atoms with van der Waals surface area (Å²) in [6.45, 7) is 4.00. The van der Waals surface area contributed by atoms with Crippen LogP contribution in [0.25, 0.3) is 50.0 Å². The lowest BCUT2D eigenvalue weighted by molar-refractivity contribution is 0.409. The molecule has 0 heterocycles. The van der Waals surface area contributed by atoms with Gasteiger partial charge in [0.1, 0.15) is 34.5 Å².